The van der Waals surface area contributed by atoms with Crippen molar-refractivity contribution >= 4 is 0 Å². The Morgan fingerprint density at radius 2 is 1.21 bits per heavy atom. The van der Waals surface area contributed by atoms with Gasteiger partial charge in [-0.2, -0.15) is 8.78 Å². The average molecular weight is 595 g/mol. The number of alkyl halides is 2. The minimum Gasteiger partial charge on any atom is -0.429 e. The van der Waals surface area contributed by atoms with E-state index in [0.29, 0.717) is 54.4 Å². The molecule has 42 heavy (non-hydrogen) atoms. The van der Waals surface area contributed by atoms with Gasteiger partial charge in [-0.15, -0.1) is 6.58 Å². The second-order valence-corrected chi connectivity index (χ2v) is 11.4. The van der Waals surface area contributed by atoms with Gasteiger partial charge in [0.2, 0.25) is 0 Å². The highest BCUT2D eigenvalue weighted by Crippen LogP contribution is 2.45. The van der Waals surface area contributed by atoms with Gasteiger partial charge in [-0.25, -0.2) is 26.3 Å². The van der Waals surface area contributed by atoms with Gasteiger partial charge in [0.25, 0.3) is 0 Å². The van der Waals surface area contributed by atoms with E-state index in [2.05, 4.69) is 11.3 Å². The molecule has 224 valence electrons. The van der Waals surface area contributed by atoms with Crippen molar-refractivity contribution in [3.05, 3.63) is 101 Å². The largest absolute Gasteiger partial charge is 0.432 e. The first-order valence-corrected chi connectivity index (χ1v) is 14.1. The molecule has 0 bridgehead atoms. The molecule has 3 aromatic carbocycles. The van der Waals surface area contributed by atoms with Crippen molar-refractivity contribution < 1.29 is 39.9 Å². The fraction of sp³-hybridized carbons (Fsp3) is 0.394. The van der Waals surface area contributed by atoms with Gasteiger partial charge in [-0.05, 0) is 123 Å². The fourth-order valence-electron chi connectivity index (χ4n) is 6.59. The number of ether oxygens (including phenoxy) is 1. The van der Waals surface area contributed by atoms with Crippen LogP contribution in [-0.2, 0) is 6.11 Å². The number of benzene rings is 3. The summed E-state index contributed by atoms with van der Waals surface area (Å²) in [5, 5.41) is 0. The van der Waals surface area contributed by atoms with Gasteiger partial charge >= 0.3 is 6.11 Å². The van der Waals surface area contributed by atoms with Crippen molar-refractivity contribution in [1.29, 1.82) is 0 Å². The smallest absolute Gasteiger partial charge is 0.429 e. The number of hydrogen-bond donors (Lipinski definition) is 0. The Hall–Kier alpha value is -3.36. The monoisotopic (exact) mass is 594 g/mol. The van der Waals surface area contributed by atoms with Crippen LogP contribution in [0.5, 0.6) is 5.75 Å². The lowest BCUT2D eigenvalue weighted by Gasteiger charge is -2.37. The highest BCUT2D eigenvalue weighted by atomic mass is 19.3. The molecule has 0 spiro atoms. The molecule has 9 heteroatoms. The van der Waals surface area contributed by atoms with E-state index in [1.54, 1.807) is 0 Å². The molecule has 2 saturated carbocycles. The van der Waals surface area contributed by atoms with Gasteiger partial charge in [0.05, 0.1) is 0 Å². The van der Waals surface area contributed by atoms with Gasteiger partial charge < -0.3 is 4.74 Å². The van der Waals surface area contributed by atoms with Crippen molar-refractivity contribution in [3.63, 3.8) is 0 Å². The predicted octanol–water partition coefficient (Wildman–Crippen LogP) is 10.6. The maximum atomic E-state index is 15.0. The molecule has 0 heterocycles. The molecule has 0 atom stereocenters. The molecule has 0 aliphatic heterocycles. The second kappa shape index (κ2) is 12.1. The zero-order valence-electron chi connectivity index (χ0n) is 22.7. The van der Waals surface area contributed by atoms with Crippen LogP contribution in [0.25, 0.3) is 11.1 Å². The number of halogens is 8. The highest BCUT2D eigenvalue weighted by molar-refractivity contribution is 5.65. The lowest BCUT2D eigenvalue weighted by atomic mass is 9.68. The maximum Gasteiger partial charge on any atom is 0.432 e. The van der Waals surface area contributed by atoms with Gasteiger partial charge in [0, 0.05) is 11.6 Å². The molecule has 2 fully saturated rings. The van der Waals surface area contributed by atoms with E-state index in [1.807, 2.05) is 6.08 Å². The van der Waals surface area contributed by atoms with E-state index in [4.69, 9.17) is 0 Å². The molecule has 1 nitrogen and oxygen atoms in total. The molecule has 0 radical (unpaired) electrons. The maximum absolute atomic E-state index is 15.0. The Morgan fingerprint density at radius 1 is 0.667 bits per heavy atom. The minimum absolute atomic E-state index is 0.152. The van der Waals surface area contributed by atoms with Crippen molar-refractivity contribution in [2.24, 2.45) is 17.8 Å². The summed E-state index contributed by atoms with van der Waals surface area (Å²) in [6, 6.07) is 5.11. The molecule has 0 N–H and O–H groups in total. The Balaban J connectivity index is 1.27. The fourth-order valence-corrected chi connectivity index (χ4v) is 6.59. The summed E-state index contributed by atoms with van der Waals surface area (Å²) in [4.78, 5) is 0. The zero-order valence-corrected chi connectivity index (χ0v) is 22.7. The minimum atomic E-state index is -4.50. The molecule has 2 aliphatic rings. The van der Waals surface area contributed by atoms with Crippen molar-refractivity contribution in [2.75, 3.05) is 0 Å². The third-order valence-corrected chi connectivity index (χ3v) is 8.90. The van der Waals surface area contributed by atoms with Crippen LogP contribution in [0.4, 0.5) is 35.1 Å². The molecule has 0 saturated heterocycles. The first-order chi connectivity index (χ1) is 20.0. The first kappa shape index (κ1) is 30.1. The lowest BCUT2D eigenvalue weighted by Crippen LogP contribution is -2.26. The van der Waals surface area contributed by atoms with Crippen LogP contribution in [-0.4, -0.2) is 0 Å². The first-order valence-electron chi connectivity index (χ1n) is 14.1. The molecule has 2 aliphatic carbocycles. The average Bonchev–Trinajstić information content (AvgIpc) is 2.95. The molecular weight excluding hydrogens is 564 g/mol. The van der Waals surface area contributed by atoms with Crippen LogP contribution in [0.1, 0.15) is 68.4 Å². The van der Waals surface area contributed by atoms with Gasteiger partial charge in [-0.1, -0.05) is 6.08 Å². The van der Waals surface area contributed by atoms with Gasteiger partial charge in [0.15, 0.2) is 17.5 Å². The van der Waals surface area contributed by atoms with Crippen LogP contribution < -0.4 is 4.74 Å². The lowest BCUT2D eigenvalue weighted by molar-refractivity contribution is -0.189. The van der Waals surface area contributed by atoms with Crippen molar-refractivity contribution in [2.45, 2.75) is 63.4 Å². The van der Waals surface area contributed by atoms with Gasteiger partial charge in [-0.3, -0.25) is 0 Å². The number of hydrogen-bond acceptors (Lipinski definition) is 1. The third kappa shape index (κ3) is 6.20. The van der Waals surface area contributed by atoms with Crippen LogP contribution in [0.3, 0.4) is 0 Å². The van der Waals surface area contributed by atoms with E-state index in [0.717, 1.165) is 62.8 Å². The standard InChI is InChI=1S/C33H30F8O/c1-2-18-3-5-19(6-4-18)20-7-9-21(10-8-20)22-13-27(35)31(28(36)14-22)33(40,41)42-24-11-12-25(26(34)17-24)23-15-29(37)32(39)30(38)16-23/h2,11-21H,1,3-10H2. The summed E-state index contributed by atoms with van der Waals surface area (Å²) in [7, 11) is 0. The van der Waals surface area contributed by atoms with E-state index in [1.165, 1.54) is 0 Å². The van der Waals surface area contributed by atoms with E-state index < -0.39 is 57.9 Å². The topological polar surface area (TPSA) is 9.23 Å². The van der Waals surface area contributed by atoms with Crippen LogP contribution in [0.2, 0.25) is 0 Å². The number of rotatable bonds is 7. The van der Waals surface area contributed by atoms with Crippen LogP contribution in [0.15, 0.2) is 55.1 Å². The molecule has 0 unspecified atom stereocenters. The molecule has 0 aromatic heterocycles. The SMILES string of the molecule is C=CC1CCC(C2CCC(c3cc(F)c(C(F)(F)Oc4ccc(-c5cc(F)c(F)c(F)c5)c(F)c4)c(F)c3)CC2)CC1. The van der Waals surface area contributed by atoms with E-state index >= 15 is 0 Å². The molecule has 5 rings (SSSR count). The Labute approximate surface area is 239 Å². The predicted molar refractivity (Wildman–Crippen MR) is 143 cm³/mol. The summed E-state index contributed by atoms with van der Waals surface area (Å²) in [6.07, 6.45) is 5.33. The van der Waals surface area contributed by atoms with Gasteiger partial charge in [0.1, 0.15) is 28.8 Å². The van der Waals surface area contributed by atoms with E-state index in [-0.39, 0.29) is 11.5 Å². The summed E-state index contributed by atoms with van der Waals surface area (Å²) in [5.41, 5.74) is -2.10. The summed E-state index contributed by atoms with van der Waals surface area (Å²) in [6.45, 7) is 3.88. The molecule has 0 amide bonds. The quantitative estimate of drug-likeness (QED) is 0.150. The Morgan fingerprint density at radius 3 is 1.74 bits per heavy atom. The number of allylic oxidation sites excluding steroid dienone is 1. The zero-order chi connectivity index (χ0) is 30.2. The molecule has 3 aromatic rings. The normalized spacial score (nSPS) is 23.0. The highest BCUT2D eigenvalue weighted by Gasteiger charge is 2.42. The van der Waals surface area contributed by atoms with Crippen molar-refractivity contribution in [1.82, 2.24) is 0 Å². The Kier molecular flexibility index (Phi) is 8.67. The van der Waals surface area contributed by atoms with Crippen LogP contribution in [0, 0.1) is 52.7 Å². The second-order valence-electron chi connectivity index (χ2n) is 11.4. The Bertz CT molecular complexity index is 1410. The van der Waals surface area contributed by atoms with Crippen molar-refractivity contribution in [3.8, 4) is 16.9 Å². The summed E-state index contributed by atoms with van der Waals surface area (Å²) < 4.78 is 119. The van der Waals surface area contributed by atoms with Crippen LogP contribution >= 0.6 is 0 Å². The van der Waals surface area contributed by atoms with E-state index in [9.17, 15) is 35.1 Å². The summed E-state index contributed by atoms with van der Waals surface area (Å²) in [5.74, 6) is -8.25. The third-order valence-electron chi connectivity index (χ3n) is 8.90. The molecular formula is C33H30F8O. The summed E-state index contributed by atoms with van der Waals surface area (Å²) >= 11 is 0.